The molecular formula is C70H46N2O2. The standard InChI is InChI=1S/C70H46N2O2/c1-69(2)57-28-11-9-20-47(57)49-32-30-40(35-59(49)69)44-25-15-27-54-56-37-55-53-26-14-24-43(39-16-13-17-41(34-39)61-38-71-63-51-22-7-5-18-45(51)46-19-6-8-23-52(46)64(63)72-61)65(53)73-67(55)62(68(56)74-66(44)54)42-31-33-50-48-21-10-12-29-58(48)70(3,4)60(50)36-42/h5-38H,1-4H3. The largest absolute Gasteiger partial charge is 0.455 e. The first-order valence-corrected chi connectivity index (χ1v) is 25.7. The lowest BCUT2D eigenvalue weighted by Crippen LogP contribution is -2.14. The van der Waals surface area contributed by atoms with E-state index in [9.17, 15) is 0 Å². The zero-order valence-corrected chi connectivity index (χ0v) is 41.3. The fourth-order valence-corrected chi connectivity index (χ4v) is 13.2. The van der Waals surface area contributed by atoms with Gasteiger partial charge in [-0.2, -0.15) is 0 Å². The Morgan fingerprint density at radius 1 is 0.311 bits per heavy atom. The number of para-hydroxylation sites is 2. The quantitative estimate of drug-likeness (QED) is 0.165. The van der Waals surface area contributed by atoms with Crippen molar-refractivity contribution in [2.45, 2.75) is 38.5 Å². The Labute approximate surface area is 427 Å². The van der Waals surface area contributed by atoms with Crippen LogP contribution in [0.3, 0.4) is 0 Å². The van der Waals surface area contributed by atoms with Crippen molar-refractivity contribution in [2.24, 2.45) is 0 Å². The van der Waals surface area contributed by atoms with Crippen molar-refractivity contribution >= 4 is 76.5 Å². The van der Waals surface area contributed by atoms with E-state index in [-0.39, 0.29) is 10.8 Å². The van der Waals surface area contributed by atoms with Crippen molar-refractivity contribution in [3.63, 3.8) is 0 Å². The summed E-state index contributed by atoms with van der Waals surface area (Å²) in [5.74, 6) is 0. The van der Waals surface area contributed by atoms with Gasteiger partial charge in [-0.3, -0.25) is 4.98 Å². The molecular weight excluding hydrogens is 901 g/mol. The van der Waals surface area contributed by atoms with Gasteiger partial charge in [0.1, 0.15) is 22.3 Å². The zero-order chi connectivity index (χ0) is 49.2. The number of rotatable bonds is 4. The van der Waals surface area contributed by atoms with Gasteiger partial charge in [0.25, 0.3) is 0 Å². The molecule has 0 saturated heterocycles. The molecule has 0 atom stereocenters. The fourth-order valence-electron chi connectivity index (χ4n) is 13.2. The topological polar surface area (TPSA) is 52.1 Å². The third kappa shape index (κ3) is 5.57. The molecule has 2 aliphatic carbocycles. The molecule has 2 aliphatic rings. The van der Waals surface area contributed by atoms with Crippen molar-refractivity contribution in [1.29, 1.82) is 0 Å². The zero-order valence-electron chi connectivity index (χ0n) is 41.3. The highest BCUT2D eigenvalue weighted by molar-refractivity contribution is 6.25. The number of nitrogens with zero attached hydrogens (tertiary/aromatic N) is 2. The van der Waals surface area contributed by atoms with Crippen LogP contribution in [0.5, 0.6) is 0 Å². The Balaban J connectivity index is 0.904. The van der Waals surface area contributed by atoms with E-state index in [2.05, 4.69) is 228 Å². The van der Waals surface area contributed by atoms with Crippen LogP contribution in [0.4, 0.5) is 0 Å². The molecule has 348 valence electrons. The third-order valence-corrected chi connectivity index (χ3v) is 16.9. The summed E-state index contributed by atoms with van der Waals surface area (Å²) in [7, 11) is 0. The summed E-state index contributed by atoms with van der Waals surface area (Å²) in [6.45, 7) is 9.37. The molecule has 16 rings (SSSR count). The summed E-state index contributed by atoms with van der Waals surface area (Å²) in [5.41, 5.74) is 23.5. The van der Waals surface area contributed by atoms with Gasteiger partial charge in [-0.25, -0.2) is 4.98 Å². The van der Waals surface area contributed by atoms with Crippen LogP contribution in [-0.4, -0.2) is 9.97 Å². The number of fused-ring (bicyclic) bond motifs is 18. The van der Waals surface area contributed by atoms with Crippen molar-refractivity contribution in [3.05, 3.63) is 229 Å². The Morgan fingerprint density at radius 2 is 0.757 bits per heavy atom. The summed E-state index contributed by atoms with van der Waals surface area (Å²) in [6.07, 6.45) is 1.92. The second kappa shape index (κ2) is 14.7. The van der Waals surface area contributed by atoms with Gasteiger partial charge >= 0.3 is 0 Å². The van der Waals surface area contributed by atoms with E-state index < -0.39 is 0 Å². The molecule has 0 spiro atoms. The van der Waals surface area contributed by atoms with Gasteiger partial charge in [0.2, 0.25) is 0 Å². The maximum atomic E-state index is 7.38. The molecule has 0 N–H and O–H groups in total. The van der Waals surface area contributed by atoms with Crippen molar-refractivity contribution in [1.82, 2.24) is 9.97 Å². The maximum Gasteiger partial charge on any atom is 0.147 e. The van der Waals surface area contributed by atoms with E-state index in [1.54, 1.807) is 0 Å². The number of furan rings is 2. The number of aromatic nitrogens is 2. The van der Waals surface area contributed by atoms with Crippen molar-refractivity contribution in [2.75, 3.05) is 0 Å². The average molecular weight is 947 g/mol. The lowest BCUT2D eigenvalue weighted by Gasteiger charge is -2.22. The molecule has 0 amide bonds. The Morgan fingerprint density at radius 3 is 1.36 bits per heavy atom. The molecule has 3 aromatic heterocycles. The molecule has 0 fully saturated rings. The monoisotopic (exact) mass is 946 g/mol. The molecule has 0 saturated carbocycles. The van der Waals surface area contributed by atoms with E-state index in [1.165, 1.54) is 55.3 Å². The van der Waals surface area contributed by atoms with Crippen LogP contribution >= 0.6 is 0 Å². The van der Waals surface area contributed by atoms with E-state index in [4.69, 9.17) is 18.8 Å². The third-order valence-electron chi connectivity index (χ3n) is 16.9. The Hall–Kier alpha value is -9.12. The van der Waals surface area contributed by atoms with Gasteiger partial charge in [0.15, 0.2) is 0 Å². The van der Waals surface area contributed by atoms with Crippen LogP contribution in [0.25, 0.3) is 143 Å². The van der Waals surface area contributed by atoms with Gasteiger partial charge in [0, 0.05) is 59.8 Å². The van der Waals surface area contributed by atoms with E-state index in [1.807, 2.05) is 6.20 Å². The predicted molar refractivity (Wildman–Crippen MR) is 306 cm³/mol. The van der Waals surface area contributed by atoms with E-state index in [0.717, 1.165) is 110 Å². The lowest BCUT2D eigenvalue weighted by atomic mass is 9.81. The van der Waals surface area contributed by atoms with Gasteiger partial charge in [-0.1, -0.05) is 204 Å². The molecule has 4 heteroatoms. The first-order chi connectivity index (χ1) is 36.2. The fraction of sp³-hybridized carbons (Fsp3) is 0.0857. The summed E-state index contributed by atoms with van der Waals surface area (Å²) < 4.78 is 14.8. The minimum Gasteiger partial charge on any atom is -0.455 e. The molecule has 0 bridgehead atoms. The number of hydrogen-bond acceptors (Lipinski definition) is 4. The van der Waals surface area contributed by atoms with Crippen LogP contribution in [0.1, 0.15) is 49.9 Å². The second-order valence-electron chi connectivity index (χ2n) is 21.6. The summed E-state index contributed by atoms with van der Waals surface area (Å²) in [6, 6.07) is 72.7. The highest BCUT2D eigenvalue weighted by atomic mass is 16.3. The Bertz CT molecular complexity index is 4760. The van der Waals surface area contributed by atoms with Crippen molar-refractivity contribution < 1.29 is 8.83 Å². The SMILES string of the molecule is CC1(C)c2ccccc2-c2ccc(-c3cccc4c3oc3c(-c5ccc6c(c5)C(C)(C)c5ccccc5-6)c5oc6c(-c7cccc(-c8cnc9c%10ccccc%10c%10ccccc%10c9n8)c7)cccc6c5cc34)cc21. The van der Waals surface area contributed by atoms with E-state index >= 15 is 0 Å². The van der Waals surface area contributed by atoms with Crippen LogP contribution < -0.4 is 0 Å². The minimum absolute atomic E-state index is 0.126. The molecule has 0 radical (unpaired) electrons. The Kier molecular flexibility index (Phi) is 8.27. The summed E-state index contributed by atoms with van der Waals surface area (Å²) >= 11 is 0. The number of hydrogen-bond donors (Lipinski definition) is 0. The smallest absolute Gasteiger partial charge is 0.147 e. The normalized spacial score (nSPS) is 14.2. The molecule has 11 aromatic carbocycles. The minimum atomic E-state index is -0.195. The highest BCUT2D eigenvalue weighted by Crippen LogP contribution is 2.54. The average Bonchev–Trinajstić information content (AvgIpc) is 4.15. The van der Waals surface area contributed by atoms with Gasteiger partial charge in [-0.15, -0.1) is 0 Å². The first kappa shape index (κ1) is 41.5. The summed E-state index contributed by atoms with van der Waals surface area (Å²) in [4.78, 5) is 10.5. The van der Waals surface area contributed by atoms with E-state index in [0.29, 0.717) is 0 Å². The number of benzene rings is 11. The van der Waals surface area contributed by atoms with Crippen LogP contribution in [0, 0.1) is 0 Å². The molecule has 0 aliphatic heterocycles. The molecule has 14 aromatic rings. The second-order valence-corrected chi connectivity index (χ2v) is 21.6. The lowest BCUT2D eigenvalue weighted by molar-refractivity contribution is 0.656. The first-order valence-electron chi connectivity index (χ1n) is 25.7. The van der Waals surface area contributed by atoms with Gasteiger partial charge in [0.05, 0.1) is 28.5 Å². The summed E-state index contributed by atoms with van der Waals surface area (Å²) in [5, 5.41) is 8.80. The van der Waals surface area contributed by atoms with Crippen LogP contribution in [-0.2, 0) is 10.8 Å². The highest BCUT2D eigenvalue weighted by Gasteiger charge is 2.37. The molecule has 0 unspecified atom stereocenters. The maximum absolute atomic E-state index is 7.38. The van der Waals surface area contributed by atoms with Gasteiger partial charge < -0.3 is 8.83 Å². The molecule has 3 heterocycles. The molecule has 74 heavy (non-hydrogen) atoms. The predicted octanol–water partition coefficient (Wildman–Crippen LogP) is 19.0. The van der Waals surface area contributed by atoms with Crippen molar-refractivity contribution in [3.8, 4) is 66.9 Å². The van der Waals surface area contributed by atoms with Gasteiger partial charge in [-0.05, 0) is 96.2 Å². The van der Waals surface area contributed by atoms with Crippen LogP contribution in [0.15, 0.2) is 215 Å². The molecule has 4 nitrogen and oxygen atoms in total. The van der Waals surface area contributed by atoms with Crippen LogP contribution in [0.2, 0.25) is 0 Å².